The zero-order chi connectivity index (χ0) is 14.2. The first-order valence-electron chi connectivity index (χ1n) is 5.04. The molecular formula is C11H8BrCl2NO2S2. The number of thiophene rings is 1. The Bertz CT molecular complexity index is 709. The number of hydrogen-bond acceptors (Lipinski definition) is 3. The van der Waals surface area contributed by atoms with Crippen LogP contribution in [-0.4, -0.2) is 8.42 Å². The second-order valence-corrected chi connectivity index (χ2v) is 8.79. The number of hydrogen-bond donors (Lipinski definition) is 1. The van der Waals surface area contributed by atoms with Gasteiger partial charge in [0, 0.05) is 0 Å². The van der Waals surface area contributed by atoms with Gasteiger partial charge in [0.1, 0.15) is 4.21 Å². The first-order valence-corrected chi connectivity index (χ1v) is 8.89. The molecule has 8 heteroatoms. The number of sulfonamides is 1. The average molecular weight is 401 g/mol. The highest BCUT2D eigenvalue weighted by atomic mass is 79.9. The van der Waals surface area contributed by atoms with Crippen molar-refractivity contribution in [1.82, 2.24) is 0 Å². The van der Waals surface area contributed by atoms with Gasteiger partial charge in [0.15, 0.2) is 0 Å². The Kier molecular flexibility index (Phi) is 4.47. The third kappa shape index (κ3) is 3.25. The molecule has 0 aliphatic carbocycles. The summed E-state index contributed by atoms with van der Waals surface area (Å²) >= 11 is 16.2. The van der Waals surface area contributed by atoms with E-state index in [1.807, 2.05) is 6.92 Å². The van der Waals surface area contributed by atoms with E-state index in [0.717, 1.165) is 20.7 Å². The lowest BCUT2D eigenvalue weighted by atomic mass is 10.3. The summed E-state index contributed by atoms with van der Waals surface area (Å²) in [5.74, 6) is 0. The monoisotopic (exact) mass is 399 g/mol. The number of rotatable bonds is 3. The molecule has 0 saturated heterocycles. The van der Waals surface area contributed by atoms with E-state index in [-0.39, 0.29) is 14.9 Å². The number of nitrogens with one attached hydrogen (secondary N) is 1. The standard InChI is InChI=1S/C11H8BrCl2NO2S2/c1-6-5-9(18-11(6)12)19(16,17)15-8-4-2-3-7(13)10(8)14/h2-5,15H,1H3. The van der Waals surface area contributed by atoms with E-state index in [1.54, 1.807) is 24.3 Å². The van der Waals surface area contributed by atoms with Crippen LogP contribution in [0.4, 0.5) is 5.69 Å². The molecule has 1 N–H and O–H groups in total. The Morgan fingerprint density at radius 3 is 2.58 bits per heavy atom. The molecule has 1 aromatic heterocycles. The lowest BCUT2D eigenvalue weighted by Crippen LogP contribution is -2.11. The molecule has 3 nitrogen and oxygen atoms in total. The van der Waals surface area contributed by atoms with Crippen LogP contribution in [0.15, 0.2) is 32.3 Å². The first-order chi connectivity index (χ1) is 8.81. The van der Waals surface area contributed by atoms with Gasteiger partial charge >= 0.3 is 0 Å². The summed E-state index contributed by atoms with van der Waals surface area (Å²) in [6, 6.07) is 6.37. The van der Waals surface area contributed by atoms with Crippen molar-refractivity contribution in [2.75, 3.05) is 4.72 Å². The molecule has 0 aliphatic heterocycles. The van der Waals surface area contributed by atoms with Crippen molar-refractivity contribution in [3.63, 3.8) is 0 Å². The molecule has 19 heavy (non-hydrogen) atoms. The van der Waals surface area contributed by atoms with Crippen molar-refractivity contribution < 1.29 is 8.42 Å². The molecule has 0 radical (unpaired) electrons. The molecule has 0 fully saturated rings. The highest BCUT2D eigenvalue weighted by Crippen LogP contribution is 2.34. The van der Waals surface area contributed by atoms with Crippen molar-refractivity contribution in [3.8, 4) is 0 Å². The summed E-state index contributed by atoms with van der Waals surface area (Å²) in [7, 11) is -3.66. The Labute approximate surface area is 133 Å². The van der Waals surface area contributed by atoms with E-state index < -0.39 is 10.0 Å². The van der Waals surface area contributed by atoms with Gasteiger partial charge in [0.05, 0.1) is 19.5 Å². The molecule has 1 aromatic carbocycles. The fourth-order valence-electron chi connectivity index (χ4n) is 1.34. The Balaban J connectivity index is 2.39. The minimum absolute atomic E-state index is 0.181. The minimum atomic E-state index is -3.66. The number of benzene rings is 1. The molecule has 0 bridgehead atoms. The molecule has 0 aliphatic rings. The Morgan fingerprint density at radius 1 is 1.32 bits per heavy atom. The van der Waals surface area contributed by atoms with E-state index in [4.69, 9.17) is 23.2 Å². The fraction of sp³-hybridized carbons (Fsp3) is 0.0909. The van der Waals surface area contributed by atoms with Gasteiger partial charge in [-0.15, -0.1) is 11.3 Å². The molecular weight excluding hydrogens is 393 g/mol. The summed E-state index contributed by atoms with van der Waals surface area (Å²) in [4.78, 5) is 0. The van der Waals surface area contributed by atoms with Gasteiger partial charge in [-0.3, -0.25) is 4.72 Å². The topological polar surface area (TPSA) is 46.2 Å². The van der Waals surface area contributed by atoms with Crippen LogP contribution in [0.1, 0.15) is 5.56 Å². The Morgan fingerprint density at radius 2 is 2.00 bits per heavy atom. The van der Waals surface area contributed by atoms with E-state index in [2.05, 4.69) is 20.7 Å². The van der Waals surface area contributed by atoms with Crippen LogP contribution in [0, 0.1) is 6.92 Å². The minimum Gasteiger partial charge on any atom is -0.277 e. The van der Waals surface area contributed by atoms with Crippen molar-refractivity contribution in [3.05, 3.63) is 43.7 Å². The van der Waals surface area contributed by atoms with Gasteiger partial charge in [0.2, 0.25) is 0 Å². The Hall–Kier alpha value is -0.270. The zero-order valence-electron chi connectivity index (χ0n) is 9.58. The predicted octanol–water partition coefficient (Wildman–Crippen LogP) is 4.93. The van der Waals surface area contributed by atoms with Crippen LogP contribution in [0.3, 0.4) is 0 Å². The maximum atomic E-state index is 12.2. The summed E-state index contributed by atoms with van der Waals surface area (Å²) < 4.78 is 27.8. The van der Waals surface area contributed by atoms with E-state index in [0.29, 0.717) is 5.02 Å². The second kappa shape index (κ2) is 5.61. The van der Waals surface area contributed by atoms with Crippen LogP contribution in [0.25, 0.3) is 0 Å². The lowest BCUT2D eigenvalue weighted by molar-refractivity contribution is 0.603. The van der Waals surface area contributed by atoms with Gasteiger partial charge < -0.3 is 0 Å². The molecule has 2 aromatic rings. The van der Waals surface area contributed by atoms with Crippen LogP contribution in [0.5, 0.6) is 0 Å². The molecule has 1 heterocycles. The summed E-state index contributed by atoms with van der Waals surface area (Å²) in [5.41, 5.74) is 1.12. The molecule has 2 rings (SSSR count). The third-order valence-corrected chi connectivity index (χ3v) is 7.09. The highest BCUT2D eigenvalue weighted by Gasteiger charge is 2.20. The number of anilines is 1. The van der Waals surface area contributed by atoms with Crippen LogP contribution in [0.2, 0.25) is 10.0 Å². The largest absolute Gasteiger partial charge is 0.277 e. The van der Waals surface area contributed by atoms with E-state index in [9.17, 15) is 8.42 Å². The van der Waals surface area contributed by atoms with Gasteiger partial charge in [-0.05, 0) is 46.6 Å². The third-order valence-electron chi connectivity index (χ3n) is 2.30. The zero-order valence-corrected chi connectivity index (χ0v) is 14.3. The van der Waals surface area contributed by atoms with Crippen LogP contribution in [-0.2, 0) is 10.0 Å². The summed E-state index contributed by atoms with van der Waals surface area (Å²) in [6.07, 6.45) is 0. The average Bonchev–Trinajstić information content (AvgIpc) is 2.66. The SMILES string of the molecule is Cc1cc(S(=O)(=O)Nc2cccc(Cl)c2Cl)sc1Br. The van der Waals surface area contributed by atoms with Crippen molar-refractivity contribution >= 4 is 66.2 Å². The number of aryl methyl sites for hydroxylation is 1. The molecule has 0 unspecified atom stereocenters. The number of halogens is 3. The van der Waals surface area contributed by atoms with Crippen molar-refractivity contribution in [2.45, 2.75) is 11.1 Å². The van der Waals surface area contributed by atoms with Crippen LogP contribution < -0.4 is 4.72 Å². The lowest BCUT2D eigenvalue weighted by Gasteiger charge is -2.08. The smallest absolute Gasteiger partial charge is 0.271 e. The maximum absolute atomic E-state index is 12.2. The van der Waals surface area contributed by atoms with Crippen molar-refractivity contribution in [1.29, 1.82) is 0 Å². The molecule has 0 saturated carbocycles. The van der Waals surface area contributed by atoms with Gasteiger partial charge in [0.25, 0.3) is 10.0 Å². The van der Waals surface area contributed by atoms with E-state index >= 15 is 0 Å². The van der Waals surface area contributed by atoms with Gasteiger partial charge in [-0.25, -0.2) is 8.42 Å². The maximum Gasteiger partial charge on any atom is 0.271 e. The summed E-state index contributed by atoms with van der Waals surface area (Å²) in [5, 5.41) is 0.477. The molecule has 102 valence electrons. The second-order valence-electron chi connectivity index (χ2n) is 3.73. The first kappa shape index (κ1) is 15.1. The highest BCUT2D eigenvalue weighted by molar-refractivity contribution is 9.11. The molecule has 0 amide bonds. The molecule has 0 atom stereocenters. The molecule has 0 spiro atoms. The predicted molar refractivity (Wildman–Crippen MR) is 84.0 cm³/mol. The van der Waals surface area contributed by atoms with Gasteiger partial charge in [-0.1, -0.05) is 29.3 Å². The normalized spacial score (nSPS) is 11.6. The fourth-order valence-corrected chi connectivity index (χ4v) is 5.04. The van der Waals surface area contributed by atoms with Gasteiger partial charge in [-0.2, -0.15) is 0 Å². The summed E-state index contributed by atoms with van der Waals surface area (Å²) in [6.45, 7) is 1.83. The van der Waals surface area contributed by atoms with Crippen LogP contribution >= 0.6 is 50.5 Å². The quantitative estimate of drug-likeness (QED) is 0.793. The van der Waals surface area contributed by atoms with Crippen molar-refractivity contribution in [2.24, 2.45) is 0 Å². The van der Waals surface area contributed by atoms with E-state index in [1.165, 1.54) is 0 Å².